The Hall–Kier alpha value is -1.35. The minimum Gasteiger partial charge on any atom is -0.330 e. The maximum atomic E-state index is 6.11. The van der Waals surface area contributed by atoms with Gasteiger partial charge >= 0.3 is 0 Å². The van der Waals surface area contributed by atoms with Crippen molar-refractivity contribution in [2.75, 3.05) is 0 Å². The second-order valence-electron chi connectivity index (χ2n) is 3.51. The molecule has 0 unspecified atom stereocenters. The Morgan fingerprint density at radius 3 is 2.87 bits per heavy atom. The molecule has 2 rings (SSSR count). The van der Waals surface area contributed by atoms with Crippen molar-refractivity contribution in [3.8, 4) is 0 Å². The number of halogens is 1. The van der Waals surface area contributed by atoms with Crippen molar-refractivity contribution in [3.05, 3.63) is 29.6 Å². The number of hydrogen-bond donors (Lipinski definition) is 0. The maximum absolute atomic E-state index is 6.11. The lowest BCUT2D eigenvalue weighted by Crippen LogP contribution is -1.96. The van der Waals surface area contributed by atoms with Crippen LogP contribution in [-0.4, -0.2) is 14.8 Å². The first-order valence-corrected chi connectivity index (χ1v) is 5.19. The van der Waals surface area contributed by atoms with Crippen molar-refractivity contribution in [1.82, 2.24) is 14.8 Å². The van der Waals surface area contributed by atoms with Crippen LogP contribution in [0.3, 0.4) is 0 Å². The molecule has 0 atom stereocenters. The zero-order valence-electron chi connectivity index (χ0n) is 8.79. The smallest absolute Gasteiger partial charge is 0.164 e. The van der Waals surface area contributed by atoms with Crippen LogP contribution in [0, 0.1) is 0 Å². The van der Waals surface area contributed by atoms with Crippen LogP contribution in [0.4, 0.5) is 0 Å². The summed E-state index contributed by atoms with van der Waals surface area (Å²) in [6.45, 7) is 8.62. The molecule has 0 aliphatic carbocycles. The molecule has 0 amide bonds. The molecular weight excluding hydrogens is 210 g/mol. The van der Waals surface area contributed by atoms with Crippen molar-refractivity contribution in [2.45, 2.75) is 20.4 Å². The molecule has 2 heterocycles. The van der Waals surface area contributed by atoms with E-state index in [1.165, 1.54) is 0 Å². The molecule has 0 N–H and O–H groups in total. The highest BCUT2D eigenvalue weighted by molar-refractivity contribution is 6.35. The molecular formula is C11H12ClN3. The van der Waals surface area contributed by atoms with E-state index in [0.717, 1.165) is 28.8 Å². The molecule has 0 aromatic carbocycles. The molecule has 0 aliphatic rings. The number of hydrogen-bond acceptors (Lipinski definition) is 2. The molecule has 2 aromatic heterocycles. The topological polar surface area (TPSA) is 30.7 Å². The first-order valence-electron chi connectivity index (χ1n) is 4.81. The van der Waals surface area contributed by atoms with Gasteiger partial charge < -0.3 is 4.57 Å². The van der Waals surface area contributed by atoms with Crippen molar-refractivity contribution in [3.63, 3.8) is 0 Å². The molecule has 15 heavy (non-hydrogen) atoms. The van der Waals surface area contributed by atoms with E-state index in [2.05, 4.69) is 16.8 Å². The summed E-state index contributed by atoms with van der Waals surface area (Å²) >= 11 is 6.11. The number of allylic oxidation sites excluding steroid dienone is 1. The van der Waals surface area contributed by atoms with Gasteiger partial charge in [0.25, 0.3) is 0 Å². The maximum Gasteiger partial charge on any atom is 0.164 e. The first-order chi connectivity index (χ1) is 7.13. The van der Waals surface area contributed by atoms with Gasteiger partial charge in [0.2, 0.25) is 0 Å². The standard InChI is InChI=1S/C11H12ClN3/c1-4-15-6-9(12)8-5-10(7(2)3)13-14-11(8)15/h5-6H,2,4H2,1,3H3. The Morgan fingerprint density at radius 2 is 2.27 bits per heavy atom. The lowest BCUT2D eigenvalue weighted by atomic mass is 10.2. The van der Waals surface area contributed by atoms with Crippen LogP contribution in [-0.2, 0) is 6.54 Å². The summed E-state index contributed by atoms with van der Waals surface area (Å²) in [5.41, 5.74) is 2.51. The Kier molecular flexibility index (Phi) is 2.49. The third-order valence-corrected chi connectivity index (χ3v) is 2.65. The molecule has 78 valence electrons. The fourth-order valence-corrected chi connectivity index (χ4v) is 1.75. The molecule has 2 aromatic rings. The first kappa shape index (κ1) is 10.2. The van der Waals surface area contributed by atoms with Gasteiger partial charge in [-0.25, -0.2) is 0 Å². The van der Waals surface area contributed by atoms with Crippen molar-refractivity contribution in [2.24, 2.45) is 0 Å². The predicted octanol–water partition coefficient (Wildman–Crippen LogP) is 3.14. The monoisotopic (exact) mass is 221 g/mol. The van der Waals surface area contributed by atoms with Gasteiger partial charge in [-0.3, -0.25) is 0 Å². The number of fused-ring (bicyclic) bond motifs is 1. The molecule has 0 bridgehead atoms. The second-order valence-corrected chi connectivity index (χ2v) is 3.92. The van der Waals surface area contributed by atoms with Crippen LogP contribution >= 0.6 is 11.6 Å². The summed E-state index contributed by atoms with van der Waals surface area (Å²) in [7, 11) is 0. The number of aryl methyl sites for hydroxylation is 1. The van der Waals surface area contributed by atoms with Crippen LogP contribution in [0.2, 0.25) is 5.02 Å². The van der Waals surface area contributed by atoms with Gasteiger partial charge in [0, 0.05) is 18.1 Å². The minimum absolute atomic E-state index is 0.712. The van der Waals surface area contributed by atoms with Crippen molar-refractivity contribution >= 4 is 28.2 Å². The van der Waals surface area contributed by atoms with E-state index in [0.29, 0.717) is 5.02 Å². The summed E-state index contributed by atoms with van der Waals surface area (Å²) in [4.78, 5) is 0. The van der Waals surface area contributed by atoms with E-state index < -0.39 is 0 Å². The summed E-state index contributed by atoms with van der Waals surface area (Å²) < 4.78 is 1.98. The lowest BCUT2D eigenvalue weighted by Gasteiger charge is -2.00. The summed E-state index contributed by atoms with van der Waals surface area (Å²) in [5.74, 6) is 0. The van der Waals surface area contributed by atoms with E-state index in [4.69, 9.17) is 11.6 Å². The Bertz CT molecular complexity index is 528. The molecule has 0 radical (unpaired) electrons. The average Bonchev–Trinajstić information content (AvgIpc) is 2.55. The quantitative estimate of drug-likeness (QED) is 0.780. The third-order valence-electron chi connectivity index (χ3n) is 2.35. The van der Waals surface area contributed by atoms with E-state index in [9.17, 15) is 0 Å². The van der Waals surface area contributed by atoms with Crippen LogP contribution in [0.1, 0.15) is 19.5 Å². The molecule has 0 saturated carbocycles. The van der Waals surface area contributed by atoms with E-state index >= 15 is 0 Å². The predicted molar refractivity (Wildman–Crippen MR) is 62.9 cm³/mol. The summed E-state index contributed by atoms with van der Waals surface area (Å²) in [5, 5.41) is 9.91. The van der Waals surface area contributed by atoms with Gasteiger partial charge in [-0.2, -0.15) is 0 Å². The van der Waals surface area contributed by atoms with Gasteiger partial charge in [-0.15, -0.1) is 10.2 Å². The molecule has 0 spiro atoms. The van der Waals surface area contributed by atoms with Crippen molar-refractivity contribution < 1.29 is 0 Å². The van der Waals surface area contributed by atoms with E-state index in [1.807, 2.05) is 30.7 Å². The Balaban J connectivity index is 2.72. The van der Waals surface area contributed by atoms with Gasteiger partial charge in [-0.1, -0.05) is 18.2 Å². The summed E-state index contributed by atoms with van der Waals surface area (Å²) in [6.07, 6.45) is 1.88. The largest absolute Gasteiger partial charge is 0.330 e. The Morgan fingerprint density at radius 1 is 1.53 bits per heavy atom. The molecule has 0 saturated heterocycles. The van der Waals surface area contributed by atoms with Crippen LogP contribution in [0.25, 0.3) is 16.6 Å². The minimum atomic E-state index is 0.712. The Labute approximate surface area is 93.4 Å². The zero-order valence-corrected chi connectivity index (χ0v) is 9.54. The van der Waals surface area contributed by atoms with Crippen LogP contribution < -0.4 is 0 Å². The van der Waals surface area contributed by atoms with Crippen LogP contribution in [0.15, 0.2) is 18.8 Å². The van der Waals surface area contributed by atoms with Gasteiger partial charge in [0.05, 0.1) is 10.7 Å². The lowest BCUT2D eigenvalue weighted by molar-refractivity contribution is 0.778. The fraction of sp³-hybridized carbons (Fsp3) is 0.273. The number of rotatable bonds is 2. The highest BCUT2D eigenvalue weighted by Crippen LogP contribution is 2.25. The molecule has 0 fully saturated rings. The number of nitrogens with zero attached hydrogens (tertiary/aromatic N) is 3. The van der Waals surface area contributed by atoms with E-state index in [1.54, 1.807) is 0 Å². The van der Waals surface area contributed by atoms with Crippen molar-refractivity contribution in [1.29, 1.82) is 0 Å². The second kappa shape index (κ2) is 3.66. The SMILES string of the molecule is C=C(C)c1cc2c(Cl)cn(CC)c2nn1. The van der Waals surface area contributed by atoms with Gasteiger partial charge in [0.15, 0.2) is 5.65 Å². The van der Waals surface area contributed by atoms with Gasteiger partial charge in [0.1, 0.15) is 0 Å². The highest BCUT2D eigenvalue weighted by atomic mass is 35.5. The van der Waals surface area contributed by atoms with Crippen LogP contribution in [0.5, 0.6) is 0 Å². The molecule has 3 nitrogen and oxygen atoms in total. The summed E-state index contributed by atoms with van der Waals surface area (Å²) in [6, 6.07) is 1.93. The molecule has 4 heteroatoms. The normalized spacial score (nSPS) is 10.9. The van der Waals surface area contributed by atoms with Gasteiger partial charge in [-0.05, 0) is 25.5 Å². The average molecular weight is 222 g/mol. The zero-order chi connectivity index (χ0) is 11.0. The third kappa shape index (κ3) is 1.63. The highest BCUT2D eigenvalue weighted by Gasteiger charge is 2.09. The molecule has 0 aliphatic heterocycles. The fourth-order valence-electron chi connectivity index (χ4n) is 1.49. The van der Waals surface area contributed by atoms with E-state index in [-0.39, 0.29) is 0 Å². The number of aromatic nitrogens is 3.